The van der Waals surface area contributed by atoms with Crippen molar-refractivity contribution < 1.29 is 0 Å². The van der Waals surface area contributed by atoms with E-state index >= 15 is 0 Å². The SMILES string of the molecule is CCc1ccccc1-n1cc(-c2cccc(N)c2C)c2cc(C#N)ccc21. The zero-order valence-electron chi connectivity index (χ0n) is 15.5. The normalized spacial score (nSPS) is 10.9. The first-order valence-corrected chi connectivity index (χ1v) is 9.13. The third-order valence-corrected chi connectivity index (χ3v) is 5.23. The summed E-state index contributed by atoms with van der Waals surface area (Å²) in [7, 11) is 0. The number of rotatable bonds is 3. The van der Waals surface area contributed by atoms with Gasteiger partial charge in [-0.15, -0.1) is 0 Å². The van der Waals surface area contributed by atoms with Gasteiger partial charge in [0.15, 0.2) is 0 Å². The number of nitrogens with zero attached hydrogens (tertiary/aromatic N) is 2. The Bertz CT molecular complexity index is 1190. The summed E-state index contributed by atoms with van der Waals surface area (Å²) in [6, 6.07) is 22.6. The van der Waals surface area contributed by atoms with Crippen LogP contribution in [0.3, 0.4) is 0 Å². The molecule has 3 heteroatoms. The van der Waals surface area contributed by atoms with Crippen LogP contribution in [-0.2, 0) is 6.42 Å². The van der Waals surface area contributed by atoms with Crippen LogP contribution in [0.4, 0.5) is 5.69 Å². The van der Waals surface area contributed by atoms with Gasteiger partial charge in [0.1, 0.15) is 0 Å². The van der Waals surface area contributed by atoms with E-state index in [2.05, 4.69) is 54.1 Å². The Morgan fingerprint density at radius 1 is 1.00 bits per heavy atom. The molecule has 0 aliphatic heterocycles. The van der Waals surface area contributed by atoms with E-state index in [1.807, 2.05) is 37.3 Å². The average Bonchev–Trinajstić information content (AvgIpc) is 3.08. The van der Waals surface area contributed by atoms with E-state index in [-0.39, 0.29) is 0 Å². The van der Waals surface area contributed by atoms with Gasteiger partial charge in [-0.2, -0.15) is 5.26 Å². The molecule has 132 valence electrons. The third-order valence-electron chi connectivity index (χ3n) is 5.23. The molecular weight excluding hydrogens is 330 g/mol. The Labute approximate surface area is 159 Å². The molecule has 0 aliphatic carbocycles. The number of nitrogens with two attached hydrogens (primary N) is 1. The maximum atomic E-state index is 9.39. The van der Waals surface area contributed by atoms with Gasteiger partial charge in [0.25, 0.3) is 0 Å². The van der Waals surface area contributed by atoms with Gasteiger partial charge in [-0.25, -0.2) is 0 Å². The highest BCUT2D eigenvalue weighted by atomic mass is 15.0. The Balaban J connectivity index is 2.08. The molecule has 4 aromatic rings. The quantitative estimate of drug-likeness (QED) is 0.487. The molecule has 1 aromatic heterocycles. The van der Waals surface area contributed by atoms with Crippen LogP contribution in [0.25, 0.3) is 27.7 Å². The minimum Gasteiger partial charge on any atom is -0.398 e. The van der Waals surface area contributed by atoms with Crippen LogP contribution in [0.2, 0.25) is 0 Å². The topological polar surface area (TPSA) is 54.7 Å². The molecule has 1 heterocycles. The molecule has 2 N–H and O–H groups in total. The smallest absolute Gasteiger partial charge is 0.0991 e. The highest BCUT2D eigenvalue weighted by Gasteiger charge is 2.16. The number of aryl methyl sites for hydroxylation is 1. The fraction of sp³-hybridized carbons (Fsp3) is 0.125. The van der Waals surface area contributed by atoms with E-state index in [0.717, 1.165) is 39.7 Å². The molecule has 0 amide bonds. The first kappa shape index (κ1) is 16.9. The Kier molecular flexibility index (Phi) is 4.18. The van der Waals surface area contributed by atoms with Crippen molar-refractivity contribution in [3.8, 4) is 22.9 Å². The van der Waals surface area contributed by atoms with Gasteiger partial charge >= 0.3 is 0 Å². The highest BCUT2D eigenvalue weighted by molar-refractivity contribution is 5.99. The van der Waals surface area contributed by atoms with Gasteiger partial charge in [-0.05, 0) is 60.4 Å². The van der Waals surface area contributed by atoms with Crippen LogP contribution in [0.1, 0.15) is 23.6 Å². The van der Waals surface area contributed by atoms with Crippen molar-refractivity contribution in [1.82, 2.24) is 4.57 Å². The van der Waals surface area contributed by atoms with Crippen molar-refractivity contribution >= 4 is 16.6 Å². The number of para-hydroxylation sites is 1. The molecule has 0 saturated heterocycles. The second kappa shape index (κ2) is 6.66. The molecule has 3 nitrogen and oxygen atoms in total. The van der Waals surface area contributed by atoms with E-state index in [0.29, 0.717) is 5.56 Å². The first-order valence-electron chi connectivity index (χ1n) is 9.13. The fourth-order valence-corrected chi connectivity index (χ4v) is 3.70. The van der Waals surface area contributed by atoms with Crippen molar-refractivity contribution in [1.29, 1.82) is 5.26 Å². The summed E-state index contributed by atoms with van der Waals surface area (Å²) >= 11 is 0. The molecule has 0 spiro atoms. The number of nitrogen functional groups attached to an aromatic ring is 1. The van der Waals surface area contributed by atoms with Crippen LogP contribution < -0.4 is 5.73 Å². The molecule has 0 bridgehead atoms. The largest absolute Gasteiger partial charge is 0.398 e. The van der Waals surface area contributed by atoms with E-state index in [9.17, 15) is 5.26 Å². The van der Waals surface area contributed by atoms with E-state index in [1.54, 1.807) is 0 Å². The summed E-state index contributed by atoms with van der Waals surface area (Å²) in [5, 5.41) is 10.5. The molecule has 4 rings (SSSR count). The Morgan fingerprint density at radius 2 is 1.81 bits per heavy atom. The second-order valence-corrected chi connectivity index (χ2v) is 6.76. The Hall–Kier alpha value is -3.51. The summed E-state index contributed by atoms with van der Waals surface area (Å²) in [6.07, 6.45) is 3.13. The Morgan fingerprint density at radius 3 is 2.59 bits per heavy atom. The second-order valence-electron chi connectivity index (χ2n) is 6.76. The summed E-state index contributed by atoms with van der Waals surface area (Å²) in [5.74, 6) is 0. The van der Waals surface area contributed by atoms with E-state index in [4.69, 9.17) is 5.73 Å². The molecular formula is C24H21N3. The first-order chi connectivity index (χ1) is 13.1. The van der Waals surface area contributed by atoms with Gasteiger partial charge in [-0.1, -0.05) is 37.3 Å². The summed E-state index contributed by atoms with van der Waals surface area (Å²) in [6.45, 7) is 4.21. The summed E-state index contributed by atoms with van der Waals surface area (Å²) in [5.41, 5.74) is 14.4. The minimum absolute atomic E-state index is 0.659. The van der Waals surface area contributed by atoms with E-state index in [1.165, 1.54) is 11.3 Å². The van der Waals surface area contributed by atoms with Crippen LogP contribution in [-0.4, -0.2) is 4.57 Å². The highest BCUT2D eigenvalue weighted by Crippen LogP contribution is 2.36. The van der Waals surface area contributed by atoms with Crippen LogP contribution in [0, 0.1) is 18.3 Å². The number of nitriles is 1. The lowest BCUT2D eigenvalue weighted by Crippen LogP contribution is -1.97. The summed E-state index contributed by atoms with van der Waals surface area (Å²) in [4.78, 5) is 0. The zero-order valence-corrected chi connectivity index (χ0v) is 15.5. The van der Waals surface area contributed by atoms with Crippen LogP contribution in [0.15, 0.2) is 66.9 Å². The molecule has 0 saturated carbocycles. The molecule has 0 fully saturated rings. The number of benzene rings is 3. The van der Waals surface area contributed by atoms with Crippen molar-refractivity contribution in [3.63, 3.8) is 0 Å². The average molecular weight is 351 g/mol. The molecule has 0 radical (unpaired) electrons. The van der Waals surface area contributed by atoms with Gasteiger partial charge < -0.3 is 10.3 Å². The van der Waals surface area contributed by atoms with Crippen LogP contribution in [0.5, 0.6) is 0 Å². The lowest BCUT2D eigenvalue weighted by molar-refractivity contribution is 1.04. The van der Waals surface area contributed by atoms with Gasteiger partial charge in [0, 0.05) is 28.5 Å². The number of aromatic nitrogens is 1. The predicted octanol–water partition coefficient (Wildman–Crippen LogP) is 5.62. The monoisotopic (exact) mass is 351 g/mol. The van der Waals surface area contributed by atoms with Gasteiger partial charge in [-0.3, -0.25) is 0 Å². The van der Waals surface area contributed by atoms with Crippen molar-refractivity contribution in [2.75, 3.05) is 5.73 Å². The van der Waals surface area contributed by atoms with Crippen molar-refractivity contribution in [2.24, 2.45) is 0 Å². The molecule has 0 aliphatic rings. The molecule has 0 atom stereocenters. The number of hydrogen-bond donors (Lipinski definition) is 1. The number of hydrogen-bond acceptors (Lipinski definition) is 2. The zero-order chi connectivity index (χ0) is 19.0. The van der Waals surface area contributed by atoms with Gasteiger partial charge in [0.05, 0.1) is 17.1 Å². The maximum Gasteiger partial charge on any atom is 0.0991 e. The summed E-state index contributed by atoms with van der Waals surface area (Å²) < 4.78 is 2.23. The lowest BCUT2D eigenvalue weighted by atomic mass is 9.98. The van der Waals surface area contributed by atoms with Crippen molar-refractivity contribution in [2.45, 2.75) is 20.3 Å². The van der Waals surface area contributed by atoms with Crippen LogP contribution >= 0.6 is 0 Å². The molecule has 0 unspecified atom stereocenters. The lowest BCUT2D eigenvalue weighted by Gasteiger charge is -2.10. The molecule has 3 aromatic carbocycles. The maximum absolute atomic E-state index is 9.39. The van der Waals surface area contributed by atoms with E-state index < -0.39 is 0 Å². The number of fused-ring (bicyclic) bond motifs is 1. The van der Waals surface area contributed by atoms with Crippen molar-refractivity contribution in [3.05, 3.63) is 83.6 Å². The molecule has 27 heavy (non-hydrogen) atoms. The standard InChI is InChI=1S/C24H21N3/c1-3-18-7-4-5-10-23(18)27-15-21(19-8-6-9-22(26)16(19)2)20-13-17(14-25)11-12-24(20)27/h4-13,15H,3,26H2,1-2H3. The predicted molar refractivity (Wildman–Crippen MR) is 112 cm³/mol. The minimum atomic E-state index is 0.659. The van der Waals surface area contributed by atoms with Gasteiger partial charge in [0.2, 0.25) is 0 Å². The number of anilines is 1. The third kappa shape index (κ3) is 2.76. The fourth-order valence-electron chi connectivity index (χ4n) is 3.70.